The number of allylic oxidation sites excluding steroid dienone is 5. The Balaban J connectivity index is 2.27. The zero-order chi connectivity index (χ0) is 21.9. The molecule has 2 aliphatic rings. The summed E-state index contributed by atoms with van der Waals surface area (Å²) in [6.45, 7) is 0. The average Bonchev–Trinajstić information content (AvgIpc) is 2.59. The molecule has 4 N–H and O–H groups in total. The van der Waals surface area contributed by atoms with Gasteiger partial charge < -0.3 is 16.5 Å². The molecule has 4 nitrogen and oxygen atoms in total. The Kier molecular flexibility index (Phi) is 7.04. The predicted octanol–water partition coefficient (Wildman–Crippen LogP) is 3.67. The third-order valence-electron chi connectivity index (χ3n) is 4.49. The summed E-state index contributed by atoms with van der Waals surface area (Å²) in [5.41, 5.74) is 3.79. The van der Waals surface area contributed by atoms with Crippen molar-refractivity contribution in [1.29, 1.82) is 5.41 Å². The normalized spacial score (nSPS) is 26.8. The molecule has 1 amide bonds. The van der Waals surface area contributed by atoms with Crippen LogP contribution >= 0.6 is 0 Å². The molecule has 0 fully saturated rings. The molecule has 11 heteroatoms. The Labute approximate surface area is 161 Å². The summed E-state index contributed by atoms with van der Waals surface area (Å²) in [5.74, 6) is -4.52. The van der Waals surface area contributed by atoms with Gasteiger partial charge in [-0.25, -0.2) is 17.6 Å². The van der Waals surface area contributed by atoms with Gasteiger partial charge in [0.05, 0.1) is 12.5 Å². The van der Waals surface area contributed by atoms with Gasteiger partial charge in [0.1, 0.15) is 29.7 Å². The van der Waals surface area contributed by atoms with Gasteiger partial charge in [-0.15, -0.1) is 0 Å². The predicted molar refractivity (Wildman–Crippen MR) is 91.8 cm³/mol. The van der Waals surface area contributed by atoms with Gasteiger partial charge in [-0.1, -0.05) is 12.2 Å². The van der Waals surface area contributed by atoms with Gasteiger partial charge in [-0.2, -0.15) is 13.2 Å². The van der Waals surface area contributed by atoms with Crippen LogP contribution in [0.4, 0.5) is 30.7 Å². The van der Waals surface area contributed by atoms with Crippen molar-refractivity contribution in [2.45, 2.75) is 43.4 Å². The van der Waals surface area contributed by atoms with Crippen LogP contribution in [0.25, 0.3) is 0 Å². The highest BCUT2D eigenvalue weighted by Crippen LogP contribution is 2.31. The molecule has 0 saturated heterocycles. The van der Waals surface area contributed by atoms with E-state index in [4.69, 9.17) is 11.1 Å². The number of alkyl halides is 5. The van der Waals surface area contributed by atoms with Crippen LogP contribution in [0.5, 0.6) is 0 Å². The SMILES string of the molecule is N=C(CC(=O)NC(C1=CCC(F)C=C1F)C(N)C1C=CC(F)=CC1F)C(F)(F)F. The van der Waals surface area contributed by atoms with E-state index in [0.717, 1.165) is 18.2 Å². The summed E-state index contributed by atoms with van der Waals surface area (Å²) < 4.78 is 92.5. The molecule has 5 atom stereocenters. The van der Waals surface area contributed by atoms with Crippen LogP contribution in [0, 0.1) is 11.3 Å². The van der Waals surface area contributed by atoms with Crippen molar-refractivity contribution in [2.75, 3.05) is 0 Å². The van der Waals surface area contributed by atoms with Crippen molar-refractivity contribution in [3.05, 3.63) is 47.6 Å². The third kappa shape index (κ3) is 5.78. The fourth-order valence-corrected chi connectivity index (χ4v) is 2.99. The van der Waals surface area contributed by atoms with Gasteiger partial charge >= 0.3 is 6.18 Å². The molecule has 2 rings (SSSR count). The Morgan fingerprint density at radius 3 is 2.48 bits per heavy atom. The molecule has 5 unspecified atom stereocenters. The van der Waals surface area contributed by atoms with E-state index in [1.165, 1.54) is 0 Å². The average molecular weight is 425 g/mol. The fourth-order valence-electron chi connectivity index (χ4n) is 2.99. The quantitative estimate of drug-likeness (QED) is 0.449. The van der Waals surface area contributed by atoms with Crippen molar-refractivity contribution in [3.63, 3.8) is 0 Å². The van der Waals surface area contributed by atoms with E-state index in [2.05, 4.69) is 5.32 Å². The van der Waals surface area contributed by atoms with Gasteiger partial charge in [0.15, 0.2) is 0 Å². The molecule has 0 aliphatic heterocycles. The lowest BCUT2D eigenvalue weighted by atomic mass is 9.82. The summed E-state index contributed by atoms with van der Waals surface area (Å²) in [6.07, 6.45) is -6.02. The minimum atomic E-state index is -5.04. The minimum Gasteiger partial charge on any atom is -0.347 e. The molecular formula is C18H18F7N3O. The van der Waals surface area contributed by atoms with Crippen molar-refractivity contribution < 1.29 is 35.5 Å². The Morgan fingerprint density at radius 1 is 1.28 bits per heavy atom. The van der Waals surface area contributed by atoms with Gasteiger partial charge in [0, 0.05) is 24.0 Å². The summed E-state index contributed by atoms with van der Waals surface area (Å²) in [5, 5.41) is 8.97. The van der Waals surface area contributed by atoms with E-state index in [1.807, 2.05) is 0 Å². The first-order valence-electron chi connectivity index (χ1n) is 8.51. The van der Waals surface area contributed by atoms with Crippen molar-refractivity contribution in [2.24, 2.45) is 11.7 Å². The van der Waals surface area contributed by atoms with E-state index >= 15 is 0 Å². The number of amides is 1. The Morgan fingerprint density at radius 2 is 1.93 bits per heavy atom. The molecule has 0 aromatic heterocycles. The topological polar surface area (TPSA) is 79.0 Å². The number of halogens is 7. The lowest BCUT2D eigenvalue weighted by Gasteiger charge is -2.34. The monoisotopic (exact) mass is 425 g/mol. The summed E-state index contributed by atoms with van der Waals surface area (Å²) >= 11 is 0. The molecule has 0 heterocycles. The fraction of sp³-hybridized carbons (Fsp3) is 0.444. The highest BCUT2D eigenvalue weighted by atomic mass is 19.4. The van der Waals surface area contributed by atoms with Crippen LogP contribution < -0.4 is 11.1 Å². The van der Waals surface area contributed by atoms with E-state index < -0.39 is 66.2 Å². The third-order valence-corrected chi connectivity index (χ3v) is 4.49. The summed E-state index contributed by atoms with van der Waals surface area (Å²) in [4.78, 5) is 12.0. The molecule has 2 aliphatic carbocycles. The van der Waals surface area contributed by atoms with E-state index in [9.17, 15) is 35.5 Å². The van der Waals surface area contributed by atoms with Crippen molar-refractivity contribution in [3.8, 4) is 0 Å². The van der Waals surface area contributed by atoms with Gasteiger partial charge in [-0.3, -0.25) is 4.79 Å². The standard InChI is InChI=1S/C18H18F7N3O/c19-8-1-3-10(12(21)5-8)16(27)17(11-4-2-9(20)6-13(11)22)28-15(29)7-14(26)18(23,24)25/h1,3-6,9-10,12,16-17,26H,2,7,27H2,(H,28,29). The lowest BCUT2D eigenvalue weighted by molar-refractivity contribution is -0.121. The molecule has 0 aromatic carbocycles. The largest absolute Gasteiger partial charge is 0.429 e. The minimum absolute atomic E-state index is 0.283. The molecule has 160 valence electrons. The maximum absolute atomic E-state index is 14.3. The Hall–Kier alpha value is -2.43. The highest BCUT2D eigenvalue weighted by molar-refractivity contribution is 6.02. The second-order valence-electron chi connectivity index (χ2n) is 6.63. The molecular weight excluding hydrogens is 407 g/mol. The van der Waals surface area contributed by atoms with Crippen LogP contribution in [0.15, 0.2) is 47.6 Å². The number of nitrogens with one attached hydrogen (secondary N) is 2. The van der Waals surface area contributed by atoms with Crippen molar-refractivity contribution in [1.82, 2.24) is 5.32 Å². The molecule has 0 radical (unpaired) electrons. The Bertz CT molecular complexity index is 785. The lowest BCUT2D eigenvalue weighted by Crippen LogP contribution is -2.54. The first kappa shape index (κ1) is 22.9. The number of hydrogen-bond donors (Lipinski definition) is 3. The zero-order valence-corrected chi connectivity index (χ0v) is 14.8. The summed E-state index contributed by atoms with van der Waals surface area (Å²) in [7, 11) is 0. The van der Waals surface area contributed by atoms with Gasteiger partial charge in [0.25, 0.3) is 0 Å². The second-order valence-corrected chi connectivity index (χ2v) is 6.63. The zero-order valence-electron chi connectivity index (χ0n) is 14.8. The number of nitrogens with two attached hydrogens (primary N) is 1. The van der Waals surface area contributed by atoms with Crippen LogP contribution in [0.3, 0.4) is 0 Å². The summed E-state index contributed by atoms with van der Waals surface area (Å²) in [6, 6.07) is -2.95. The van der Waals surface area contributed by atoms with E-state index in [0.29, 0.717) is 12.2 Å². The van der Waals surface area contributed by atoms with Crippen LogP contribution in [-0.2, 0) is 4.79 Å². The van der Waals surface area contributed by atoms with Crippen LogP contribution in [-0.4, -0.2) is 42.2 Å². The number of carbonyl (C=O) groups is 1. The van der Waals surface area contributed by atoms with Crippen LogP contribution in [0.1, 0.15) is 12.8 Å². The number of hydrogen-bond acceptors (Lipinski definition) is 3. The molecule has 0 aromatic rings. The van der Waals surface area contributed by atoms with Crippen molar-refractivity contribution >= 4 is 11.6 Å². The maximum Gasteiger partial charge on any atom is 0.429 e. The van der Waals surface area contributed by atoms with Crippen LogP contribution in [0.2, 0.25) is 0 Å². The van der Waals surface area contributed by atoms with E-state index in [1.54, 1.807) is 0 Å². The molecule has 0 spiro atoms. The smallest absolute Gasteiger partial charge is 0.347 e. The first-order valence-corrected chi connectivity index (χ1v) is 8.51. The highest BCUT2D eigenvalue weighted by Gasteiger charge is 2.39. The second kappa shape index (κ2) is 8.93. The molecule has 0 saturated carbocycles. The van der Waals surface area contributed by atoms with Gasteiger partial charge in [-0.05, 0) is 18.2 Å². The maximum atomic E-state index is 14.3. The molecule has 29 heavy (non-hydrogen) atoms. The number of rotatable bonds is 6. The molecule has 0 bridgehead atoms. The number of carbonyl (C=O) groups excluding carboxylic acids is 1. The van der Waals surface area contributed by atoms with E-state index in [-0.39, 0.29) is 12.0 Å². The van der Waals surface area contributed by atoms with Gasteiger partial charge in [0.2, 0.25) is 5.91 Å². The first-order chi connectivity index (χ1) is 13.4.